The molecule has 1 heterocycles. The van der Waals surface area contributed by atoms with Gasteiger partial charge in [0.1, 0.15) is 5.75 Å². The van der Waals surface area contributed by atoms with Crippen molar-refractivity contribution in [3.05, 3.63) is 42.0 Å². The molecule has 7 nitrogen and oxygen atoms in total. The summed E-state index contributed by atoms with van der Waals surface area (Å²) in [6.45, 7) is 0.564. The molecule has 8 heteroatoms. The van der Waals surface area contributed by atoms with Crippen LogP contribution in [-0.2, 0) is 11.3 Å². The number of carbonyl (C=O) groups excluding carboxylic acids is 1. The number of rotatable bonds is 7. The SMILES string of the molecule is COc1ccc2cc(CN(C)C(=O)CSc3nnnn3C3CC3)ccc2c1. The van der Waals surface area contributed by atoms with E-state index in [1.54, 1.807) is 12.0 Å². The quantitative estimate of drug-likeness (QED) is 0.584. The second-order valence-corrected chi connectivity index (χ2v) is 7.67. The van der Waals surface area contributed by atoms with Crippen molar-refractivity contribution in [1.29, 1.82) is 0 Å². The molecule has 0 N–H and O–H groups in total. The van der Waals surface area contributed by atoms with Gasteiger partial charge in [-0.15, -0.1) is 5.10 Å². The van der Waals surface area contributed by atoms with Gasteiger partial charge in [0.25, 0.3) is 0 Å². The Balaban J connectivity index is 1.37. The van der Waals surface area contributed by atoms with Crippen molar-refractivity contribution in [2.24, 2.45) is 0 Å². The van der Waals surface area contributed by atoms with Gasteiger partial charge in [-0.05, 0) is 57.8 Å². The molecule has 1 amide bonds. The first-order valence-corrected chi connectivity index (χ1v) is 9.84. The zero-order valence-electron chi connectivity index (χ0n) is 15.3. The zero-order chi connectivity index (χ0) is 18.8. The highest BCUT2D eigenvalue weighted by Gasteiger charge is 2.28. The fourth-order valence-corrected chi connectivity index (χ4v) is 3.81. The largest absolute Gasteiger partial charge is 0.497 e. The number of nitrogens with zero attached hydrogens (tertiary/aromatic N) is 5. The molecule has 0 bridgehead atoms. The van der Waals surface area contributed by atoms with Crippen LogP contribution < -0.4 is 4.74 Å². The lowest BCUT2D eigenvalue weighted by Crippen LogP contribution is -2.27. The second-order valence-electron chi connectivity index (χ2n) is 6.72. The van der Waals surface area contributed by atoms with Crippen LogP contribution in [0.3, 0.4) is 0 Å². The smallest absolute Gasteiger partial charge is 0.233 e. The molecule has 1 aliphatic carbocycles. The summed E-state index contributed by atoms with van der Waals surface area (Å²) in [4.78, 5) is 14.2. The molecule has 1 aliphatic rings. The van der Waals surface area contributed by atoms with E-state index >= 15 is 0 Å². The maximum Gasteiger partial charge on any atom is 0.233 e. The molecular formula is C19H21N5O2S. The van der Waals surface area contributed by atoms with E-state index in [2.05, 4.69) is 27.7 Å². The number of hydrogen-bond acceptors (Lipinski definition) is 6. The van der Waals surface area contributed by atoms with Gasteiger partial charge in [-0.2, -0.15) is 0 Å². The van der Waals surface area contributed by atoms with Crippen LogP contribution in [0.1, 0.15) is 24.4 Å². The Morgan fingerprint density at radius 2 is 2.04 bits per heavy atom. The van der Waals surface area contributed by atoms with Gasteiger partial charge < -0.3 is 9.64 Å². The number of tetrazole rings is 1. The number of amides is 1. The highest BCUT2D eigenvalue weighted by atomic mass is 32.2. The van der Waals surface area contributed by atoms with Crippen LogP contribution in [-0.4, -0.2) is 50.9 Å². The molecule has 1 fully saturated rings. The van der Waals surface area contributed by atoms with E-state index in [1.807, 2.05) is 36.0 Å². The molecule has 0 spiro atoms. The summed E-state index contributed by atoms with van der Waals surface area (Å²) in [7, 11) is 3.49. The third-order valence-electron chi connectivity index (χ3n) is 4.64. The Hall–Kier alpha value is -2.61. The maximum atomic E-state index is 12.5. The number of hydrogen-bond donors (Lipinski definition) is 0. The molecule has 1 aromatic heterocycles. The Morgan fingerprint density at radius 1 is 1.26 bits per heavy atom. The average molecular weight is 383 g/mol. The number of thioether (sulfide) groups is 1. The van der Waals surface area contributed by atoms with Crippen LogP contribution >= 0.6 is 11.8 Å². The third-order valence-corrected chi connectivity index (χ3v) is 5.56. The fraction of sp³-hybridized carbons (Fsp3) is 0.368. The minimum atomic E-state index is 0.0557. The molecule has 0 saturated heterocycles. The van der Waals surface area contributed by atoms with E-state index in [4.69, 9.17) is 4.74 Å². The van der Waals surface area contributed by atoms with Gasteiger partial charge in [0.15, 0.2) is 0 Å². The van der Waals surface area contributed by atoms with E-state index in [1.165, 1.54) is 11.8 Å². The lowest BCUT2D eigenvalue weighted by atomic mass is 10.1. The molecule has 140 valence electrons. The van der Waals surface area contributed by atoms with Crippen LogP contribution in [0.2, 0.25) is 0 Å². The maximum absolute atomic E-state index is 12.5. The number of carbonyl (C=O) groups is 1. The molecule has 4 rings (SSSR count). The van der Waals surface area contributed by atoms with Crippen molar-refractivity contribution in [2.45, 2.75) is 30.6 Å². The van der Waals surface area contributed by atoms with Crippen molar-refractivity contribution < 1.29 is 9.53 Å². The highest BCUT2D eigenvalue weighted by molar-refractivity contribution is 7.99. The van der Waals surface area contributed by atoms with Gasteiger partial charge in [-0.1, -0.05) is 30.0 Å². The minimum Gasteiger partial charge on any atom is -0.497 e. The molecular weight excluding hydrogens is 362 g/mol. The number of aromatic nitrogens is 4. The Labute approximate surface area is 161 Å². The Kier molecular flexibility index (Phi) is 4.98. The normalized spacial score (nSPS) is 13.7. The van der Waals surface area contributed by atoms with Crippen LogP contribution in [0, 0.1) is 0 Å². The van der Waals surface area contributed by atoms with Gasteiger partial charge in [-0.25, -0.2) is 4.68 Å². The Morgan fingerprint density at radius 3 is 2.81 bits per heavy atom. The minimum absolute atomic E-state index is 0.0557. The predicted molar refractivity (Wildman–Crippen MR) is 104 cm³/mol. The van der Waals surface area contributed by atoms with E-state index in [9.17, 15) is 4.79 Å². The molecule has 0 atom stereocenters. The number of methoxy groups -OCH3 is 1. The summed E-state index contributed by atoms with van der Waals surface area (Å²) in [5.41, 5.74) is 1.09. The summed E-state index contributed by atoms with van der Waals surface area (Å²) in [6, 6.07) is 12.6. The van der Waals surface area contributed by atoms with Crippen LogP contribution in [0.4, 0.5) is 0 Å². The zero-order valence-corrected chi connectivity index (χ0v) is 16.1. The van der Waals surface area contributed by atoms with E-state index in [0.29, 0.717) is 18.3 Å². The summed E-state index contributed by atoms with van der Waals surface area (Å²) in [6.07, 6.45) is 2.22. The van der Waals surface area contributed by atoms with E-state index in [-0.39, 0.29) is 5.91 Å². The van der Waals surface area contributed by atoms with E-state index in [0.717, 1.165) is 40.1 Å². The van der Waals surface area contributed by atoms with E-state index < -0.39 is 0 Å². The first kappa shape index (κ1) is 17.8. The van der Waals surface area contributed by atoms with Gasteiger partial charge in [-0.3, -0.25) is 4.79 Å². The molecule has 2 aromatic carbocycles. The summed E-state index contributed by atoms with van der Waals surface area (Å²) in [5, 5.41) is 14.7. The molecule has 0 radical (unpaired) electrons. The van der Waals surface area contributed by atoms with Gasteiger partial charge >= 0.3 is 0 Å². The van der Waals surface area contributed by atoms with Gasteiger partial charge in [0, 0.05) is 13.6 Å². The van der Waals surface area contributed by atoms with Crippen molar-refractivity contribution in [2.75, 3.05) is 19.9 Å². The van der Waals surface area contributed by atoms with Gasteiger partial charge in [0.05, 0.1) is 18.9 Å². The van der Waals surface area contributed by atoms with Crippen molar-refractivity contribution >= 4 is 28.4 Å². The molecule has 27 heavy (non-hydrogen) atoms. The summed E-state index contributed by atoms with van der Waals surface area (Å²) < 4.78 is 7.09. The molecule has 0 unspecified atom stereocenters. The molecule has 0 aliphatic heterocycles. The lowest BCUT2D eigenvalue weighted by molar-refractivity contribution is -0.127. The van der Waals surface area contributed by atoms with Crippen molar-refractivity contribution in [3.8, 4) is 5.75 Å². The summed E-state index contributed by atoms with van der Waals surface area (Å²) in [5.74, 6) is 1.22. The molecule has 3 aromatic rings. The fourth-order valence-electron chi connectivity index (χ4n) is 2.93. The summed E-state index contributed by atoms with van der Waals surface area (Å²) >= 11 is 1.40. The number of fused-ring (bicyclic) bond motifs is 1. The Bertz CT molecular complexity index is 970. The third kappa shape index (κ3) is 4.05. The first-order chi connectivity index (χ1) is 13.1. The second kappa shape index (κ2) is 7.56. The van der Waals surface area contributed by atoms with Gasteiger partial charge in [0.2, 0.25) is 11.1 Å². The first-order valence-electron chi connectivity index (χ1n) is 8.85. The topological polar surface area (TPSA) is 73.1 Å². The molecule has 1 saturated carbocycles. The van der Waals surface area contributed by atoms with Crippen LogP contribution in [0.5, 0.6) is 5.75 Å². The predicted octanol–water partition coefficient (Wildman–Crippen LogP) is 2.92. The highest BCUT2D eigenvalue weighted by Crippen LogP contribution is 2.36. The lowest BCUT2D eigenvalue weighted by Gasteiger charge is -2.17. The monoisotopic (exact) mass is 383 g/mol. The average Bonchev–Trinajstić information content (AvgIpc) is 3.43. The van der Waals surface area contributed by atoms with Crippen LogP contribution in [0.25, 0.3) is 10.8 Å². The van der Waals surface area contributed by atoms with Crippen molar-refractivity contribution in [3.63, 3.8) is 0 Å². The number of ether oxygens (including phenoxy) is 1. The van der Waals surface area contributed by atoms with Crippen molar-refractivity contribution in [1.82, 2.24) is 25.1 Å². The van der Waals surface area contributed by atoms with Crippen LogP contribution in [0.15, 0.2) is 41.6 Å². The number of benzene rings is 2. The standard InChI is InChI=1S/C19H21N5O2S/c1-23(18(25)12-27-19-20-21-22-24(19)16-6-7-16)11-13-3-4-15-10-17(26-2)8-5-14(15)9-13/h3-5,8-10,16H,6-7,11-12H2,1-2H3.